The van der Waals surface area contributed by atoms with E-state index in [-0.39, 0.29) is 17.9 Å². The number of hydrogen-bond acceptors (Lipinski definition) is 2. The first-order chi connectivity index (χ1) is 10.7. The van der Waals surface area contributed by atoms with E-state index >= 15 is 0 Å². The van der Waals surface area contributed by atoms with E-state index in [1.807, 2.05) is 0 Å². The third-order valence-corrected chi connectivity index (χ3v) is 4.65. The van der Waals surface area contributed by atoms with Crippen molar-refractivity contribution in [2.75, 3.05) is 6.54 Å². The zero-order chi connectivity index (χ0) is 16.2. The van der Waals surface area contributed by atoms with Gasteiger partial charge < -0.3 is 10.6 Å². The Balaban J connectivity index is 1.98. The predicted octanol–water partition coefficient (Wildman–Crippen LogP) is 3.77. The van der Waals surface area contributed by atoms with Crippen molar-refractivity contribution in [3.05, 3.63) is 0 Å². The highest BCUT2D eigenvalue weighted by molar-refractivity contribution is 5.87. The van der Waals surface area contributed by atoms with Gasteiger partial charge in [0.2, 0.25) is 11.8 Å². The summed E-state index contributed by atoms with van der Waals surface area (Å²) < 4.78 is 0. The van der Waals surface area contributed by atoms with Gasteiger partial charge in [0.05, 0.1) is 0 Å². The van der Waals surface area contributed by atoms with Gasteiger partial charge in [0.1, 0.15) is 6.04 Å². The van der Waals surface area contributed by atoms with Crippen molar-refractivity contribution in [3.8, 4) is 0 Å². The van der Waals surface area contributed by atoms with Gasteiger partial charge in [-0.25, -0.2) is 0 Å². The fourth-order valence-corrected chi connectivity index (χ4v) is 3.27. The summed E-state index contributed by atoms with van der Waals surface area (Å²) in [6.45, 7) is 2.94. The number of nitrogens with zero attached hydrogens (tertiary/aromatic N) is 1. The third kappa shape index (κ3) is 7.28. The van der Waals surface area contributed by atoms with Gasteiger partial charge in [0.25, 0.3) is 0 Å². The summed E-state index contributed by atoms with van der Waals surface area (Å²) in [5, 5.41) is 0. The molecule has 0 saturated carbocycles. The molecule has 0 aromatic heterocycles. The maximum atomic E-state index is 12.1. The molecule has 0 bridgehead atoms. The number of carbonyl (C=O) groups excluding carboxylic acids is 2. The summed E-state index contributed by atoms with van der Waals surface area (Å²) in [5.74, 6) is -0.241. The first-order valence-corrected chi connectivity index (χ1v) is 9.25. The number of unbranched alkanes of at least 4 members (excludes halogenated alkanes) is 9. The molecule has 1 heterocycles. The molecule has 2 N–H and O–H groups in total. The highest BCUT2D eigenvalue weighted by Gasteiger charge is 2.31. The van der Waals surface area contributed by atoms with Crippen LogP contribution in [0.15, 0.2) is 0 Å². The van der Waals surface area contributed by atoms with Crippen LogP contribution in [-0.4, -0.2) is 29.3 Å². The number of amides is 2. The Kier molecular flexibility index (Phi) is 9.93. The molecule has 4 nitrogen and oxygen atoms in total. The molecule has 22 heavy (non-hydrogen) atoms. The zero-order valence-electron chi connectivity index (χ0n) is 14.3. The molecular formula is C18H34N2O2. The van der Waals surface area contributed by atoms with E-state index in [2.05, 4.69) is 6.92 Å². The standard InChI is InChI=1S/C18H34N2O2/c1-2-3-4-5-6-7-8-9-10-11-14-17(21)20-15-12-13-16(20)18(19)22/h16H,2-15H2,1H3,(H2,19,22). The van der Waals surface area contributed by atoms with Crippen molar-refractivity contribution in [1.29, 1.82) is 0 Å². The molecule has 1 saturated heterocycles. The van der Waals surface area contributed by atoms with Gasteiger partial charge in [-0.3, -0.25) is 9.59 Å². The molecule has 1 atom stereocenters. The van der Waals surface area contributed by atoms with Crippen molar-refractivity contribution < 1.29 is 9.59 Å². The van der Waals surface area contributed by atoms with Crippen molar-refractivity contribution in [3.63, 3.8) is 0 Å². The highest BCUT2D eigenvalue weighted by atomic mass is 16.2. The smallest absolute Gasteiger partial charge is 0.240 e. The van der Waals surface area contributed by atoms with E-state index in [0.717, 1.165) is 25.7 Å². The first-order valence-electron chi connectivity index (χ1n) is 9.25. The van der Waals surface area contributed by atoms with Crippen molar-refractivity contribution in [2.24, 2.45) is 5.73 Å². The lowest BCUT2D eigenvalue weighted by molar-refractivity contribution is -0.137. The monoisotopic (exact) mass is 310 g/mol. The van der Waals surface area contributed by atoms with E-state index in [1.54, 1.807) is 4.90 Å². The molecule has 128 valence electrons. The van der Waals surface area contributed by atoms with Gasteiger partial charge in [0, 0.05) is 13.0 Å². The maximum Gasteiger partial charge on any atom is 0.240 e. The fourth-order valence-electron chi connectivity index (χ4n) is 3.27. The lowest BCUT2D eigenvalue weighted by Gasteiger charge is -2.22. The Labute approximate surface area is 135 Å². The summed E-state index contributed by atoms with van der Waals surface area (Å²) in [4.78, 5) is 25.1. The molecule has 1 aliphatic rings. The van der Waals surface area contributed by atoms with Crippen LogP contribution in [0.4, 0.5) is 0 Å². The summed E-state index contributed by atoms with van der Waals surface area (Å²) >= 11 is 0. The first kappa shape index (κ1) is 19.0. The van der Waals surface area contributed by atoms with E-state index < -0.39 is 0 Å². The average Bonchev–Trinajstić information content (AvgIpc) is 2.99. The Morgan fingerprint density at radius 1 is 0.955 bits per heavy atom. The maximum absolute atomic E-state index is 12.1. The quantitative estimate of drug-likeness (QED) is 0.558. The van der Waals surface area contributed by atoms with E-state index in [4.69, 9.17) is 5.73 Å². The largest absolute Gasteiger partial charge is 0.368 e. The van der Waals surface area contributed by atoms with Crippen LogP contribution < -0.4 is 5.73 Å². The molecule has 0 radical (unpaired) electrons. The molecule has 1 aliphatic heterocycles. The summed E-state index contributed by atoms with van der Waals surface area (Å²) in [5.41, 5.74) is 5.35. The number of likely N-dealkylation sites (tertiary alicyclic amines) is 1. The van der Waals surface area contributed by atoms with Gasteiger partial charge in [0.15, 0.2) is 0 Å². The topological polar surface area (TPSA) is 63.4 Å². The molecule has 1 fully saturated rings. The van der Waals surface area contributed by atoms with Crippen molar-refractivity contribution in [2.45, 2.75) is 96.4 Å². The minimum atomic E-state index is -0.353. The number of carbonyl (C=O) groups is 2. The van der Waals surface area contributed by atoms with Crippen LogP contribution >= 0.6 is 0 Å². The second kappa shape index (κ2) is 11.5. The van der Waals surface area contributed by atoms with Gasteiger partial charge in [-0.15, -0.1) is 0 Å². The van der Waals surface area contributed by atoms with E-state index in [0.29, 0.717) is 13.0 Å². The molecule has 1 rings (SSSR count). The number of nitrogens with two attached hydrogens (primary N) is 1. The van der Waals surface area contributed by atoms with Crippen LogP contribution in [-0.2, 0) is 9.59 Å². The minimum absolute atomic E-state index is 0.112. The molecule has 0 spiro atoms. The third-order valence-electron chi connectivity index (χ3n) is 4.65. The number of hydrogen-bond donors (Lipinski definition) is 1. The molecule has 0 aromatic carbocycles. The van der Waals surface area contributed by atoms with E-state index in [9.17, 15) is 9.59 Å². The second-order valence-corrected chi connectivity index (χ2v) is 6.58. The fraction of sp³-hybridized carbons (Fsp3) is 0.889. The number of rotatable bonds is 12. The summed E-state index contributed by atoms with van der Waals surface area (Å²) in [6.07, 6.45) is 14.9. The Hall–Kier alpha value is -1.06. The van der Waals surface area contributed by atoms with Crippen LogP contribution in [0.25, 0.3) is 0 Å². The SMILES string of the molecule is CCCCCCCCCCCCC(=O)N1CCCC1C(N)=O. The van der Waals surface area contributed by atoms with E-state index in [1.165, 1.54) is 51.4 Å². The molecule has 0 aliphatic carbocycles. The van der Waals surface area contributed by atoms with Gasteiger partial charge in [-0.05, 0) is 19.3 Å². The summed E-state index contributed by atoms with van der Waals surface area (Å²) in [7, 11) is 0. The van der Waals surface area contributed by atoms with Crippen LogP contribution in [0.3, 0.4) is 0 Å². The van der Waals surface area contributed by atoms with Crippen molar-refractivity contribution in [1.82, 2.24) is 4.90 Å². The van der Waals surface area contributed by atoms with Crippen LogP contribution in [0.5, 0.6) is 0 Å². The lowest BCUT2D eigenvalue weighted by atomic mass is 10.1. The molecule has 1 unspecified atom stereocenters. The van der Waals surface area contributed by atoms with Gasteiger partial charge in [-0.1, -0.05) is 64.7 Å². The molecule has 4 heteroatoms. The van der Waals surface area contributed by atoms with Gasteiger partial charge in [-0.2, -0.15) is 0 Å². The second-order valence-electron chi connectivity index (χ2n) is 6.58. The lowest BCUT2D eigenvalue weighted by Crippen LogP contribution is -2.43. The van der Waals surface area contributed by atoms with Crippen LogP contribution in [0, 0.1) is 0 Å². The average molecular weight is 310 g/mol. The molecular weight excluding hydrogens is 276 g/mol. The Bertz CT molecular complexity index is 331. The van der Waals surface area contributed by atoms with Gasteiger partial charge >= 0.3 is 0 Å². The highest BCUT2D eigenvalue weighted by Crippen LogP contribution is 2.19. The predicted molar refractivity (Wildman–Crippen MR) is 90.4 cm³/mol. The summed E-state index contributed by atoms with van der Waals surface area (Å²) in [6, 6.07) is -0.351. The minimum Gasteiger partial charge on any atom is -0.368 e. The van der Waals surface area contributed by atoms with Crippen molar-refractivity contribution >= 4 is 11.8 Å². The van der Waals surface area contributed by atoms with Crippen LogP contribution in [0.1, 0.15) is 90.4 Å². The molecule has 2 amide bonds. The number of primary amides is 1. The van der Waals surface area contributed by atoms with Crippen LogP contribution in [0.2, 0.25) is 0 Å². The normalized spacial score (nSPS) is 17.9. The molecule has 0 aromatic rings. The zero-order valence-corrected chi connectivity index (χ0v) is 14.3. The Morgan fingerprint density at radius 2 is 1.50 bits per heavy atom. The Morgan fingerprint density at radius 3 is 2.05 bits per heavy atom.